The first-order valence-electron chi connectivity index (χ1n) is 5.64. The standard InChI is InChI=1S/C11H13NO5S2/c1-6(13)9-8(11(14)17-2)12-10(18-9)7-3-4-19(15,16)5-7/h7H,3-5H2,1-2H3. The second-order valence-electron chi connectivity index (χ2n) is 4.38. The summed E-state index contributed by atoms with van der Waals surface area (Å²) >= 11 is 1.08. The van der Waals surface area contributed by atoms with E-state index in [1.165, 1.54) is 14.0 Å². The normalized spacial score (nSPS) is 21.3. The van der Waals surface area contributed by atoms with Crippen LogP contribution in [0.1, 0.15) is 44.4 Å². The molecule has 1 saturated heterocycles. The highest BCUT2D eigenvalue weighted by Gasteiger charge is 2.33. The van der Waals surface area contributed by atoms with Crippen LogP contribution >= 0.6 is 11.3 Å². The average molecular weight is 303 g/mol. The molecule has 0 radical (unpaired) electrons. The van der Waals surface area contributed by atoms with Gasteiger partial charge in [-0.05, 0) is 6.42 Å². The Labute approximate surface area is 114 Å². The number of hydrogen-bond acceptors (Lipinski definition) is 7. The number of aromatic nitrogens is 1. The monoisotopic (exact) mass is 303 g/mol. The molecule has 0 bridgehead atoms. The Bertz CT molecular complexity index is 632. The molecule has 1 aromatic heterocycles. The van der Waals surface area contributed by atoms with E-state index in [1.807, 2.05) is 0 Å². The molecule has 104 valence electrons. The molecule has 1 aliphatic heterocycles. The highest BCUT2D eigenvalue weighted by molar-refractivity contribution is 7.91. The fraction of sp³-hybridized carbons (Fsp3) is 0.545. The smallest absolute Gasteiger partial charge is 0.358 e. The van der Waals surface area contributed by atoms with Crippen LogP contribution in [-0.4, -0.2) is 43.8 Å². The van der Waals surface area contributed by atoms with Gasteiger partial charge in [-0.25, -0.2) is 18.2 Å². The van der Waals surface area contributed by atoms with Crippen molar-refractivity contribution in [3.63, 3.8) is 0 Å². The predicted molar refractivity (Wildman–Crippen MR) is 69.5 cm³/mol. The molecule has 0 aliphatic carbocycles. The van der Waals surface area contributed by atoms with Crippen LogP contribution in [0, 0.1) is 0 Å². The van der Waals surface area contributed by atoms with Crippen molar-refractivity contribution in [2.75, 3.05) is 18.6 Å². The van der Waals surface area contributed by atoms with Gasteiger partial charge in [0, 0.05) is 12.8 Å². The zero-order chi connectivity index (χ0) is 14.2. The average Bonchev–Trinajstić information content (AvgIpc) is 2.91. The number of methoxy groups -OCH3 is 1. The lowest BCUT2D eigenvalue weighted by atomic mass is 10.1. The summed E-state index contributed by atoms with van der Waals surface area (Å²) in [5.41, 5.74) is -0.0145. The van der Waals surface area contributed by atoms with Crippen LogP contribution in [-0.2, 0) is 14.6 Å². The largest absolute Gasteiger partial charge is 0.464 e. The third kappa shape index (κ3) is 2.84. The lowest BCUT2D eigenvalue weighted by Gasteiger charge is -2.00. The Morgan fingerprint density at radius 2 is 2.11 bits per heavy atom. The Morgan fingerprint density at radius 3 is 2.58 bits per heavy atom. The molecule has 1 atom stereocenters. The molecule has 1 unspecified atom stereocenters. The van der Waals surface area contributed by atoms with E-state index in [9.17, 15) is 18.0 Å². The molecule has 8 heteroatoms. The highest BCUT2D eigenvalue weighted by atomic mass is 32.2. The van der Waals surface area contributed by atoms with Gasteiger partial charge >= 0.3 is 5.97 Å². The number of ether oxygens (including phenoxy) is 1. The number of carbonyl (C=O) groups excluding carboxylic acids is 2. The van der Waals surface area contributed by atoms with E-state index in [-0.39, 0.29) is 33.8 Å². The van der Waals surface area contributed by atoms with E-state index < -0.39 is 15.8 Å². The number of hydrogen-bond donors (Lipinski definition) is 0. The third-order valence-electron chi connectivity index (χ3n) is 2.92. The fourth-order valence-corrected chi connectivity index (χ4v) is 4.91. The molecule has 2 rings (SSSR count). The Kier molecular flexibility index (Phi) is 3.73. The number of esters is 1. The number of ketones is 1. The van der Waals surface area contributed by atoms with Gasteiger partial charge in [0.05, 0.1) is 23.6 Å². The van der Waals surface area contributed by atoms with Crippen molar-refractivity contribution in [3.8, 4) is 0 Å². The molecular formula is C11H13NO5S2. The van der Waals surface area contributed by atoms with Crippen molar-refractivity contribution in [1.82, 2.24) is 4.98 Å². The summed E-state index contributed by atoms with van der Waals surface area (Å²) in [5.74, 6) is -1.02. The van der Waals surface area contributed by atoms with Gasteiger partial charge in [-0.1, -0.05) is 0 Å². The molecule has 2 heterocycles. The lowest BCUT2D eigenvalue weighted by molar-refractivity contribution is 0.0591. The van der Waals surface area contributed by atoms with Gasteiger partial charge in [0.15, 0.2) is 21.3 Å². The van der Waals surface area contributed by atoms with Gasteiger partial charge in [-0.2, -0.15) is 0 Å². The number of nitrogens with zero attached hydrogens (tertiary/aromatic N) is 1. The van der Waals surface area contributed by atoms with Crippen molar-refractivity contribution in [2.45, 2.75) is 19.3 Å². The zero-order valence-electron chi connectivity index (χ0n) is 10.5. The highest BCUT2D eigenvalue weighted by Crippen LogP contribution is 2.33. The first kappa shape index (κ1) is 14.1. The van der Waals surface area contributed by atoms with Crippen LogP contribution in [0.2, 0.25) is 0 Å². The van der Waals surface area contributed by atoms with Crippen molar-refractivity contribution >= 4 is 32.9 Å². The first-order chi connectivity index (χ1) is 8.84. The van der Waals surface area contributed by atoms with E-state index in [4.69, 9.17) is 0 Å². The van der Waals surface area contributed by atoms with Gasteiger partial charge < -0.3 is 4.74 Å². The number of sulfone groups is 1. The molecule has 6 nitrogen and oxygen atoms in total. The molecule has 0 amide bonds. The maximum Gasteiger partial charge on any atom is 0.358 e. The quantitative estimate of drug-likeness (QED) is 0.612. The molecule has 0 N–H and O–H groups in total. The second-order valence-corrected chi connectivity index (χ2v) is 7.64. The molecular weight excluding hydrogens is 290 g/mol. The summed E-state index contributed by atoms with van der Waals surface area (Å²) in [6, 6.07) is 0. The summed E-state index contributed by atoms with van der Waals surface area (Å²) in [6.45, 7) is 1.34. The summed E-state index contributed by atoms with van der Waals surface area (Å²) in [5, 5.41) is 0.520. The van der Waals surface area contributed by atoms with E-state index in [0.29, 0.717) is 11.4 Å². The topological polar surface area (TPSA) is 90.4 Å². The molecule has 1 fully saturated rings. The summed E-state index contributed by atoms with van der Waals surface area (Å²) in [6.07, 6.45) is 0.480. The molecule has 0 aromatic carbocycles. The van der Waals surface area contributed by atoms with Crippen molar-refractivity contribution in [1.29, 1.82) is 0 Å². The molecule has 1 aliphatic rings. The van der Waals surface area contributed by atoms with E-state index >= 15 is 0 Å². The molecule has 0 saturated carbocycles. The van der Waals surface area contributed by atoms with Gasteiger partial charge in [-0.3, -0.25) is 4.79 Å². The molecule has 19 heavy (non-hydrogen) atoms. The van der Waals surface area contributed by atoms with Crippen LogP contribution in [0.5, 0.6) is 0 Å². The van der Waals surface area contributed by atoms with Gasteiger partial charge in [0.1, 0.15) is 4.88 Å². The van der Waals surface area contributed by atoms with E-state index in [0.717, 1.165) is 11.3 Å². The molecule has 0 spiro atoms. The van der Waals surface area contributed by atoms with E-state index in [1.54, 1.807) is 0 Å². The number of Topliss-reactive ketones (excluding diaryl/α,β-unsaturated/α-hetero) is 1. The first-order valence-corrected chi connectivity index (χ1v) is 8.28. The Morgan fingerprint density at radius 1 is 1.42 bits per heavy atom. The summed E-state index contributed by atoms with van der Waals surface area (Å²) in [7, 11) is -1.81. The predicted octanol–water partition coefficient (Wildman–Crippen LogP) is 1.03. The minimum atomic E-state index is -3.03. The Hall–Kier alpha value is -1.28. The van der Waals surface area contributed by atoms with Gasteiger partial charge in [0.2, 0.25) is 0 Å². The minimum Gasteiger partial charge on any atom is -0.464 e. The van der Waals surface area contributed by atoms with Crippen molar-refractivity contribution < 1.29 is 22.7 Å². The summed E-state index contributed by atoms with van der Waals surface area (Å²) < 4.78 is 27.5. The van der Waals surface area contributed by atoms with Gasteiger partial charge in [-0.15, -0.1) is 11.3 Å². The maximum atomic E-state index is 11.5. The summed E-state index contributed by atoms with van der Waals surface area (Å²) in [4.78, 5) is 27.4. The number of thiazole rings is 1. The van der Waals surface area contributed by atoms with Crippen LogP contribution < -0.4 is 0 Å². The second kappa shape index (κ2) is 5.01. The molecule has 1 aromatic rings. The Balaban J connectivity index is 2.39. The van der Waals surface area contributed by atoms with Crippen LogP contribution in [0.15, 0.2) is 0 Å². The van der Waals surface area contributed by atoms with Crippen LogP contribution in [0.3, 0.4) is 0 Å². The third-order valence-corrected chi connectivity index (χ3v) is 6.01. The minimum absolute atomic E-state index is 0.0145. The lowest BCUT2D eigenvalue weighted by Crippen LogP contribution is -2.08. The van der Waals surface area contributed by atoms with Crippen LogP contribution in [0.4, 0.5) is 0 Å². The van der Waals surface area contributed by atoms with Crippen molar-refractivity contribution in [3.05, 3.63) is 15.6 Å². The zero-order valence-corrected chi connectivity index (χ0v) is 12.1. The van der Waals surface area contributed by atoms with E-state index in [2.05, 4.69) is 9.72 Å². The number of rotatable bonds is 3. The fourth-order valence-electron chi connectivity index (χ4n) is 1.97. The maximum absolute atomic E-state index is 11.5. The SMILES string of the molecule is COC(=O)c1nc(C2CCS(=O)(=O)C2)sc1C(C)=O. The van der Waals surface area contributed by atoms with Crippen molar-refractivity contribution in [2.24, 2.45) is 0 Å². The van der Waals surface area contributed by atoms with Crippen LogP contribution in [0.25, 0.3) is 0 Å². The number of carbonyl (C=O) groups is 2. The van der Waals surface area contributed by atoms with Gasteiger partial charge in [0.25, 0.3) is 0 Å².